The summed E-state index contributed by atoms with van der Waals surface area (Å²) >= 11 is 0. The highest BCUT2D eigenvalue weighted by molar-refractivity contribution is 5.72. The summed E-state index contributed by atoms with van der Waals surface area (Å²) in [5.74, 6) is -4.64. The molecule has 0 aliphatic carbocycles. The molecule has 3 nitrogen and oxygen atoms in total. The molecule has 3 aromatic rings. The van der Waals surface area contributed by atoms with Gasteiger partial charge in [-0.25, -0.2) is 13.2 Å². The first kappa shape index (κ1) is 33.7. The molecule has 238 valence electrons. The largest absolute Gasteiger partial charge is 0.462 e. The Balaban J connectivity index is 1.33. The van der Waals surface area contributed by atoms with Gasteiger partial charge in [-0.1, -0.05) is 102 Å². The lowest BCUT2D eigenvalue weighted by Gasteiger charge is -2.30. The van der Waals surface area contributed by atoms with Crippen LogP contribution < -0.4 is 4.74 Å². The molecule has 4 rings (SSSR count). The number of ether oxygens (including phenoxy) is 3. The van der Waals surface area contributed by atoms with Gasteiger partial charge >= 0.3 is 0 Å². The molecule has 0 spiro atoms. The van der Waals surface area contributed by atoms with Gasteiger partial charge in [-0.2, -0.15) is 4.39 Å². The Hall–Kier alpha value is -3.16. The summed E-state index contributed by atoms with van der Waals surface area (Å²) in [6.45, 7) is 4.76. The molecule has 1 fully saturated rings. The highest BCUT2D eigenvalue weighted by Gasteiger charge is 2.27. The van der Waals surface area contributed by atoms with Gasteiger partial charge < -0.3 is 14.2 Å². The molecule has 0 N–H and O–H groups in total. The van der Waals surface area contributed by atoms with Crippen molar-refractivity contribution in [1.82, 2.24) is 0 Å². The summed E-state index contributed by atoms with van der Waals surface area (Å²) in [6, 6.07) is 12.1. The van der Waals surface area contributed by atoms with E-state index in [0.29, 0.717) is 11.1 Å². The highest BCUT2D eigenvalue weighted by Crippen LogP contribution is 2.35. The molecule has 0 saturated carbocycles. The maximum Gasteiger partial charge on any atom is 0.201 e. The maximum atomic E-state index is 15.3. The fourth-order valence-electron chi connectivity index (χ4n) is 5.47. The van der Waals surface area contributed by atoms with Crippen molar-refractivity contribution in [3.8, 4) is 28.0 Å². The van der Waals surface area contributed by atoms with Crippen LogP contribution in [0.2, 0.25) is 0 Å². The van der Waals surface area contributed by atoms with Crippen LogP contribution >= 0.6 is 0 Å². The van der Waals surface area contributed by atoms with Crippen LogP contribution in [-0.2, 0) is 9.47 Å². The predicted molar refractivity (Wildman–Crippen MR) is 167 cm³/mol. The van der Waals surface area contributed by atoms with Gasteiger partial charge in [-0.15, -0.1) is 0 Å². The number of unbranched alkanes of at least 4 members (excludes halogenated alkanes) is 8. The molecule has 1 aliphatic heterocycles. The van der Waals surface area contributed by atoms with E-state index in [4.69, 9.17) is 14.2 Å². The van der Waals surface area contributed by atoms with Gasteiger partial charge in [0, 0.05) is 17.0 Å². The quantitative estimate of drug-likeness (QED) is 0.0915. The average Bonchev–Trinajstić information content (AvgIpc) is 3.04. The second-order valence-corrected chi connectivity index (χ2v) is 11.5. The van der Waals surface area contributed by atoms with Crippen LogP contribution in [0, 0.1) is 23.3 Å². The summed E-state index contributed by atoms with van der Waals surface area (Å²) in [6.07, 6.45) is 15.1. The molecule has 1 aliphatic rings. The summed E-state index contributed by atoms with van der Waals surface area (Å²) in [5, 5.41) is 0. The molecule has 0 unspecified atom stereocenters. The topological polar surface area (TPSA) is 27.7 Å². The van der Waals surface area contributed by atoms with E-state index in [9.17, 15) is 8.78 Å². The highest BCUT2D eigenvalue weighted by atomic mass is 19.2. The first-order valence-corrected chi connectivity index (χ1v) is 16.1. The molecule has 1 heterocycles. The third-order valence-corrected chi connectivity index (χ3v) is 8.11. The van der Waals surface area contributed by atoms with E-state index in [1.807, 2.05) is 6.92 Å². The van der Waals surface area contributed by atoms with Crippen molar-refractivity contribution in [2.24, 2.45) is 0 Å². The molecule has 0 bridgehead atoms. The van der Waals surface area contributed by atoms with Crippen molar-refractivity contribution >= 4 is 0 Å². The van der Waals surface area contributed by atoms with Crippen molar-refractivity contribution in [1.29, 1.82) is 0 Å². The zero-order valence-electron chi connectivity index (χ0n) is 25.9. The summed E-state index contributed by atoms with van der Waals surface area (Å²) in [7, 11) is 0. The zero-order valence-corrected chi connectivity index (χ0v) is 25.9. The van der Waals surface area contributed by atoms with Crippen molar-refractivity contribution in [3.05, 3.63) is 89.7 Å². The Kier molecular flexibility index (Phi) is 13.3. The lowest BCUT2D eigenvalue weighted by atomic mass is 9.94. The molecular weight excluding hydrogens is 568 g/mol. The number of hydrogen-bond acceptors (Lipinski definition) is 3. The van der Waals surface area contributed by atoms with Gasteiger partial charge in [0.05, 0.1) is 19.5 Å². The molecule has 7 heteroatoms. The Morgan fingerprint density at radius 1 is 0.659 bits per heavy atom. The van der Waals surface area contributed by atoms with Crippen LogP contribution in [0.4, 0.5) is 17.6 Å². The fraction of sp³-hybridized carbons (Fsp3) is 0.459. The number of allylic oxidation sites excluding steroid dienone is 1. The molecule has 3 aromatic carbocycles. The van der Waals surface area contributed by atoms with Crippen LogP contribution in [0.15, 0.2) is 60.9 Å². The third kappa shape index (κ3) is 8.95. The number of halogens is 4. The minimum absolute atomic E-state index is 0.0407. The smallest absolute Gasteiger partial charge is 0.201 e. The Bertz CT molecular complexity index is 1350. The molecular formula is C37H44F4O3. The van der Waals surface area contributed by atoms with Gasteiger partial charge in [0.1, 0.15) is 0 Å². The monoisotopic (exact) mass is 612 g/mol. The standard InChI is InChI=1S/C37H44F4O3/c1-3-5-7-8-9-10-11-12-14-33-43-24-28(25-44-33)31-20-19-29(34(38)35(31)39)26-15-17-27(18-16-26)30-21-22-32(37(41)36(30)40)42-23-13-6-4-2/h13,15-23,28,33H,3-12,14,24-25H2,1-2H3/b23-13-. The minimum atomic E-state index is -1.09. The number of rotatable bonds is 16. The molecule has 0 atom stereocenters. The summed E-state index contributed by atoms with van der Waals surface area (Å²) in [5.41, 5.74) is 1.16. The predicted octanol–water partition coefficient (Wildman–Crippen LogP) is 11.3. The summed E-state index contributed by atoms with van der Waals surface area (Å²) < 4.78 is 76.9. The average molecular weight is 613 g/mol. The fourth-order valence-corrected chi connectivity index (χ4v) is 5.47. The van der Waals surface area contributed by atoms with Crippen LogP contribution in [-0.4, -0.2) is 19.5 Å². The van der Waals surface area contributed by atoms with E-state index in [0.717, 1.165) is 32.1 Å². The Labute approximate surface area is 259 Å². The molecule has 0 radical (unpaired) electrons. The van der Waals surface area contributed by atoms with E-state index in [1.54, 1.807) is 36.4 Å². The number of benzene rings is 3. The lowest BCUT2D eigenvalue weighted by Crippen LogP contribution is -2.31. The SMILES string of the molecule is CCC/C=C\Oc1ccc(-c2ccc(-c3ccc(C4COC(CCCCCCCCCC)OC4)c(F)c3F)cc2)c(F)c1F. The van der Waals surface area contributed by atoms with Crippen LogP contribution in [0.25, 0.3) is 22.3 Å². The summed E-state index contributed by atoms with van der Waals surface area (Å²) in [4.78, 5) is 0. The maximum absolute atomic E-state index is 15.3. The number of hydrogen-bond donors (Lipinski definition) is 0. The van der Waals surface area contributed by atoms with Crippen molar-refractivity contribution < 1.29 is 31.8 Å². The van der Waals surface area contributed by atoms with Gasteiger partial charge in [-0.3, -0.25) is 0 Å². The van der Waals surface area contributed by atoms with Crippen molar-refractivity contribution in [2.45, 2.75) is 96.7 Å². The van der Waals surface area contributed by atoms with Gasteiger partial charge in [0.15, 0.2) is 29.5 Å². The first-order valence-electron chi connectivity index (χ1n) is 16.1. The molecule has 0 amide bonds. The van der Waals surface area contributed by atoms with Gasteiger partial charge in [0.25, 0.3) is 0 Å². The van der Waals surface area contributed by atoms with Crippen LogP contribution in [0.5, 0.6) is 5.75 Å². The van der Waals surface area contributed by atoms with Crippen LogP contribution in [0.3, 0.4) is 0 Å². The second kappa shape index (κ2) is 17.4. The Morgan fingerprint density at radius 2 is 1.23 bits per heavy atom. The van der Waals surface area contributed by atoms with E-state index in [2.05, 4.69) is 6.92 Å². The van der Waals surface area contributed by atoms with E-state index >= 15 is 8.78 Å². The molecule has 0 aromatic heterocycles. The minimum Gasteiger partial charge on any atom is -0.462 e. The van der Waals surface area contributed by atoms with E-state index < -0.39 is 29.2 Å². The van der Waals surface area contributed by atoms with Gasteiger partial charge in [0.2, 0.25) is 5.82 Å². The van der Waals surface area contributed by atoms with Crippen LogP contribution in [0.1, 0.15) is 96.0 Å². The van der Waals surface area contributed by atoms with Crippen molar-refractivity contribution in [3.63, 3.8) is 0 Å². The molecule has 44 heavy (non-hydrogen) atoms. The third-order valence-electron chi connectivity index (χ3n) is 8.11. The first-order chi connectivity index (χ1) is 21.4. The van der Waals surface area contributed by atoms with Gasteiger partial charge in [-0.05, 0) is 54.2 Å². The van der Waals surface area contributed by atoms with Crippen molar-refractivity contribution in [2.75, 3.05) is 13.2 Å². The Morgan fingerprint density at radius 3 is 1.84 bits per heavy atom. The van der Waals surface area contributed by atoms with E-state index in [1.165, 1.54) is 63.0 Å². The molecule has 1 saturated heterocycles. The second-order valence-electron chi connectivity index (χ2n) is 11.5. The van der Waals surface area contributed by atoms with E-state index in [-0.39, 0.29) is 41.9 Å². The normalized spacial score (nSPS) is 17.0. The zero-order chi connectivity index (χ0) is 31.3. The lowest BCUT2D eigenvalue weighted by molar-refractivity contribution is -0.190.